The Morgan fingerprint density at radius 1 is 1.29 bits per heavy atom. The molecule has 1 fully saturated rings. The highest BCUT2D eigenvalue weighted by molar-refractivity contribution is 5.78. The van der Waals surface area contributed by atoms with Crippen LogP contribution >= 0.6 is 0 Å². The van der Waals surface area contributed by atoms with E-state index in [0.717, 1.165) is 11.3 Å². The second-order valence-corrected chi connectivity index (χ2v) is 4.87. The van der Waals surface area contributed by atoms with Crippen LogP contribution in [0.5, 0.6) is 0 Å². The summed E-state index contributed by atoms with van der Waals surface area (Å²) >= 11 is 0. The van der Waals surface area contributed by atoms with Gasteiger partial charge in [0.25, 0.3) is 0 Å². The summed E-state index contributed by atoms with van der Waals surface area (Å²) in [4.78, 5) is 26.5. The number of morpholine rings is 1. The fourth-order valence-corrected chi connectivity index (χ4v) is 2.32. The molecule has 0 N–H and O–H groups in total. The maximum Gasteiger partial charge on any atom is 0.227 e. The quantitative estimate of drug-likeness (QED) is 0.841. The van der Waals surface area contributed by atoms with Crippen molar-refractivity contribution in [3.05, 3.63) is 54.4 Å². The van der Waals surface area contributed by atoms with Gasteiger partial charge < -0.3 is 9.64 Å². The molecule has 3 heterocycles. The van der Waals surface area contributed by atoms with Gasteiger partial charge in [-0.15, -0.1) is 0 Å². The number of carbonyl (C=O) groups excluding carboxylic acids is 1. The van der Waals surface area contributed by atoms with Crippen LogP contribution in [0.4, 0.5) is 0 Å². The SMILES string of the molecule is O=C(Cc1cccnc1)N1CCO[C@H](c2cnccn2)C1. The van der Waals surface area contributed by atoms with Gasteiger partial charge in [-0.1, -0.05) is 6.07 Å². The fraction of sp³-hybridized carbons (Fsp3) is 0.333. The fourth-order valence-electron chi connectivity index (χ4n) is 2.32. The Morgan fingerprint density at radius 2 is 2.19 bits per heavy atom. The smallest absolute Gasteiger partial charge is 0.227 e. The number of pyridine rings is 1. The van der Waals surface area contributed by atoms with Gasteiger partial charge in [0, 0.05) is 31.3 Å². The zero-order valence-corrected chi connectivity index (χ0v) is 11.6. The molecule has 1 aliphatic rings. The minimum atomic E-state index is -0.203. The van der Waals surface area contributed by atoms with Gasteiger partial charge in [-0.3, -0.25) is 19.7 Å². The van der Waals surface area contributed by atoms with Crippen LogP contribution in [0, 0.1) is 0 Å². The minimum Gasteiger partial charge on any atom is -0.368 e. The number of nitrogens with zero attached hydrogens (tertiary/aromatic N) is 4. The molecule has 0 spiro atoms. The van der Waals surface area contributed by atoms with Gasteiger partial charge in [0.05, 0.1) is 31.5 Å². The van der Waals surface area contributed by atoms with Crippen molar-refractivity contribution in [2.75, 3.05) is 19.7 Å². The first-order chi connectivity index (χ1) is 10.3. The van der Waals surface area contributed by atoms with Gasteiger partial charge in [0.15, 0.2) is 0 Å². The molecule has 2 aromatic rings. The molecule has 21 heavy (non-hydrogen) atoms. The number of amides is 1. The third kappa shape index (κ3) is 3.41. The minimum absolute atomic E-state index is 0.0835. The van der Waals surface area contributed by atoms with Crippen LogP contribution in [0.15, 0.2) is 43.1 Å². The zero-order valence-electron chi connectivity index (χ0n) is 11.6. The second-order valence-electron chi connectivity index (χ2n) is 4.87. The summed E-state index contributed by atoms with van der Waals surface area (Å²) in [5, 5.41) is 0. The van der Waals surface area contributed by atoms with Crippen LogP contribution < -0.4 is 0 Å². The van der Waals surface area contributed by atoms with Crippen molar-refractivity contribution in [2.45, 2.75) is 12.5 Å². The monoisotopic (exact) mass is 284 g/mol. The standard InChI is InChI=1S/C15H16N4O2/c20-15(8-12-2-1-3-16-9-12)19-6-7-21-14(11-19)13-10-17-4-5-18-13/h1-5,9-10,14H,6-8,11H2/t14-/m0/s1. The van der Waals surface area contributed by atoms with E-state index in [9.17, 15) is 4.79 Å². The molecule has 0 radical (unpaired) electrons. The van der Waals surface area contributed by atoms with E-state index in [1.54, 1.807) is 31.0 Å². The number of rotatable bonds is 3. The number of hydrogen-bond acceptors (Lipinski definition) is 5. The first-order valence-corrected chi connectivity index (χ1v) is 6.87. The molecule has 0 bridgehead atoms. The Morgan fingerprint density at radius 3 is 2.95 bits per heavy atom. The highest BCUT2D eigenvalue weighted by Crippen LogP contribution is 2.20. The van der Waals surface area contributed by atoms with Gasteiger partial charge >= 0.3 is 0 Å². The van der Waals surface area contributed by atoms with Gasteiger partial charge in [0.2, 0.25) is 5.91 Å². The molecule has 6 nitrogen and oxygen atoms in total. The average Bonchev–Trinajstić information content (AvgIpc) is 2.57. The first-order valence-electron chi connectivity index (χ1n) is 6.87. The number of aromatic nitrogens is 3. The molecule has 3 rings (SSSR count). The molecule has 1 amide bonds. The molecule has 0 aromatic carbocycles. The summed E-state index contributed by atoms with van der Waals surface area (Å²) in [7, 11) is 0. The van der Waals surface area contributed by atoms with Crippen molar-refractivity contribution in [3.63, 3.8) is 0 Å². The van der Waals surface area contributed by atoms with Gasteiger partial charge in [-0.25, -0.2) is 0 Å². The topological polar surface area (TPSA) is 68.2 Å². The molecule has 1 atom stereocenters. The van der Waals surface area contributed by atoms with E-state index in [4.69, 9.17) is 4.74 Å². The Hall–Kier alpha value is -2.34. The van der Waals surface area contributed by atoms with Crippen LogP contribution in [-0.4, -0.2) is 45.5 Å². The third-order valence-corrected chi connectivity index (χ3v) is 3.41. The number of ether oxygens (including phenoxy) is 1. The Bertz CT molecular complexity index is 591. The molecular formula is C15H16N4O2. The van der Waals surface area contributed by atoms with Gasteiger partial charge in [-0.2, -0.15) is 0 Å². The Balaban J connectivity index is 1.64. The van der Waals surface area contributed by atoms with Crippen LogP contribution in [-0.2, 0) is 16.0 Å². The maximum absolute atomic E-state index is 12.4. The largest absolute Gasteiger partial charge is 0.368 e. The van der Waals surface area contributed by atoms with Crippen LogP contribution in [0.2, 0.25) is 0 Å². The molecule has 6 heteroatoms. The van der Waals surface area contributed by atoms with Crippen molar-refractivity contribution < 1.29 is 9.53 Å². The van der Waals surface area contributed by atoms with E-state index in [0.29, 0.717) is 26.1 Å². The summed E-state index contributed by atoms with van der Waals surface area (Å²) < 4.78 is 5.69. The van der Waals surface area contributed by atoms with Gasteiger partial charge in [-0.05, 0) is 11.6 Å². The van der Waals surface area contributed by atoms with Crippen molar-refractivity contribution in [2.24, 2.45) is 0 Å². The summed E-state index contributed by atoms with van der Waals surface area (Å²) in [6.07, 6.45) is 8.52. The summed E-state index contributed by atoms with van der Waals surface area (Å²) in [6.45, 7) is 1.63. The van der Waals surface area contributed by atoms with Crippen LogP contribution in [0.3, 0.4) is 0 Å². The lowest BCUT2D eigenvalue weighted by molar-refractivity contribution is -0.138. The maximum atomic E-state index is 12.4. The van der Waals surface area contributed by atoms with Crippen molar-refractivity contribution in [3.8, 4) is 0 Å². The van der Waals surface area contributed by atoms with E-state index in [1.165, 1.54) is 0 Å². The first kappa shape index (κ1) is 13.6. The Labute approximate surface area is 122 Å². The summed E-state index contributed by atoms with van der Waals surface area (Å²) in [5.74, 6) is 0.0835. The van der Waals surface area contributed by atoms with Crippen LogP contribution in [0.25, 0.3) is 0 Å². The van der Waals surface area contributed by atoms with Crippen molar-refractivity contribution in [1.82, 2.24) is 19.9 Å². The van der Waals surface area contributed by atoms with E-state index in [-0.39, 0.29) is 12.0 Å². The van der Waals surface area contributed by atoms with Crippen molar-refractivity contribution >= 4 is 5.91 Å². The zero-order chi connectivity index (χ0) is 14.5. The van der Waals surface area contributed by atoms with Gasteiger partial charge in [0.1, 0.15) is 6.10 Å². The average molecular weight is 284 g/mol. The second kappa shape index (κ2) is 6.41. The molecule has 0 aliphatic carbocycles. The normalized spacial score (nSPS) is 18.5. The number of carbonyl (C=O) groups is 1. The highest BCUT2D eigenvalue weighted by atomic mass is 16.5. The van der Waals surface area contributed by atoms with Crippen molar-refractivity contribution in [1.29, 1.82) is 0 Å². The lowest BCUT2D eigenvalue weighted by Crippen LogP contribution is -2.43. The molecule has 1 saturated heterocycles. The predicted octanol–water partition coefficient (Wildman–Crippen LogP) is 1.01. The molecular weight excluding hydrogens is 268 g/mol. The lowest BCUT2D eigenvalue weighted by atomic mass is 10.1. The molecule has 0 saturated carbocycles. The predicted molar refractivity (Wildman–Crippen MR) is 75.2 cm³/mol. The van der Waals surface area contributed by atoms with E-state index in [2.05, 4.69) is 15.0 Å². The molecule has 108 valence electrons. The van der Waals surface area contributed by atoms with E-state index >= 15 is 0 Å². The highest BCUT2D eigenvalue weighted by Gasteiger charge is 2.26. The molecule has 2 aromatic heterocycles. The lowest BCUT2D eigenvalue weighted by Gasteiger charge is -2.32. The summed E-state index contributed by atoms with van der Waals surface area (Å²) in [5.41, 5.74) is 1.68. The van der Waals surface area contributed by atoms with Crippen LogP contribution in [0.1, 0.15) is 17.4 Å². The van der Waals surface area contributed by atoms with E-state index in [1.807, 2.05) is 17.0 Å². The van der Waals surface area contributed by atoms with E-state index < -0.39 is 0 Å². The molecule has 0 unspecified atom stereocenters. The third-order valence-electron chi connectivity index (χ3n) is 3.41. The molecule has 1 aliphatic heterocycles. The number of hydrogen-bond donors (Lipinski definition) is 0. The summed E-state index contributed by atoms with van der Waals surface area (Å²) in [6, 6.07) is 3.75. The Kier molecular flexibility index (Phi) is 4.16.